The molecule has 0 aliphatic rings. The molecule has 4 heteroatoms. The molecule has 2 N–H and O–H groups in total. The van der Waals surface area contributed by atoms with E-state index in [1.165, 1.54) is 32.1 Å². The van der Waals surface area contributed by atoms with Crippen LogP contribution in [0.1, 0.15) is 55.8 Å². The number of anilines is 1. The molecule has 0 aliphatic heterocycles. The summed E-state index contributed by atoms with van der Waals surface area (Å²) in [5.74, 6) is -0.992. The molecule has 0 unspecified atom stereocenters. The smallest absolute Gasteiger partial charge is 0.337 e. The lowest BCUT2D eigenvalue weighted by Crippen LogP contribution is -2.04. The number of aromatic carboxylic acids is 1. The Morgan fingerprint density at radius 2 is 1.89 bits per heavy atom. The largest absolute Gasteiger partial charge is 0.478 e. The summed E-state index contributed by atoms with van der Waals surface area (Å²) in [4.78, 5) is 10.9. The van der Waals surface area contributed by atoms with Crippen molar-refractivity contribution in [2.75, 3.05) is 11.9 Å². The van der Waals surface area contributed by atoms with E-state index < -0.39 is 5.97 Å². The number of unbranched alkanes of at least 4 members (excludes halogenated alkanes) is 5. The highest BCUT2D eigenvalue weighted by molar-refractivity contribution is 6.33. The van der Waals surface area contributed by atoms with E-state index in [-0.39, 0.29) is 10.6 Å². The van der Waals surface area contributed by atoms with E-state index in [2.05, 4.69) is 12.2 Å². The summed E-state index contributed by atoms with van der Waals surface area (Å²) in [6.45, 7) is 3.08. The number of carbonyl (C=O) groups is 1. The fourth-order valence-corrected chi connectivity index (χ4v) is 2.14. The van der Waals surface area contributed by atoms with E-state index >= 15 is 0 Å². The monoisotopic (exact) mass is 283 g/mol. The van der Waals surface area contributed by atoms with Crippen LogP contribution in [-0.2, 0) is 0 Å². The van der Waals surface area contributed by atoms with Gasteiger partial charge in [0.05, 0.1) is 10.6 Å². The number of carboxylic acids is 1. The molecule has 106 valence electrons. The number of rotatable bonds is 9. The van der Waals surface area contributed by atoms with Crippen molar-refractivity contribution in [3.05, 3.63) is 28.8 Å². The van der Waals surface area contributed by atoms with Crippen molar-refractivity contribution >= 4 is 23.3 Å². The minimum absolute atomic E-state index is 0.148. The number of hydrogen-bond donors (Lipinski definition) is 2. The van der Waals surface area contributed by atoms with Crippen LogP contribution in [0.15, 0.2) is 18.2 Å². The van der Waals surface area contributed by atoms with Gasteiger partial charge < -0.3 is 10.4 Å². The maximum atomic E-state index is 10.9. The Morgan fingerprint density at radius 3 is 2.58 bits per heavy atom. The first kappa shape index (κ1) is 15.8. The van der Waals surface area contributed by atoms with E-state index in [1.807, 2.05) is 6.07 Å². The molecular formula is C15H22ClNO2. The lowest BCUT2D eigenvalue weighted by atomic mass is 10.1. The molecule has 19 heavy (non-hydrogen) atoms. The Bertz CT molecular complexity index is 407. The van der Waals surface area contributed by atoms with Crippen LogP contribution in [0.5, 0.6) is 0 Å². The zero-order valence-electron chi connectivity index (χ0n) is 11.4. The third-order valence-electron chi connectivity index (χ3n) is 3.06. The van der Waals surface area contributed by atoms with Crippen molar-refractivity contribution in [1.29, 1.82) is 0 Å². The van der Waals surface area contributed by atoms with Crippen LogP contribution in [0, 0.1) is 0 Å². The van der Waals surface area contributed by atoms with Gasteiger partial charge in [0.25, 0.3) is 0 Å². The molecule has 3 nitrogen and oxygen atoms in total. The topological polar surface area (TPSA) is 49.3 Å². The maximum absolute atomic E-state index is 10.9. The highest BCUT2D eigenvalue weighted by Crippen LogP contribution is 2.20. The highest BCUT2D eigenvalue weighted by atomic mass is 35.5. The zero-order valence-corrected chi connectivity index (χ0v) is 12.2. The highest BCUT2D eigenvalue weighted by Gasteiger charge is 2.08. The molecule has 0 atom stereocenters. The number of benzene rings is 1. The molecule has 0 bridgehead atoms. The van der Waals surface area contributed by atoms with Crippen LogP contribution in [0.4, 0.5) is 5.69 Å². The molecule has 1 aromatic carbocycles. The van der Waals surface area contributed by atoms with E-state index in [0.717, 1.165) is 18.7 Å². The van der Waals surface area contributed by atoms with Crippen molar-refractivity contribution in [2.45, 2.75) is 45.4 Å². The van der Waals surface area contributed by atoms with Crippen LogP contribution in [0.3, 0.4) is 0 Å². The first-order chi connectivity index (χ1) is 9.15. The summed E-state index contributed by atoms with van der Waals surface area (Å²) in [6, 6.07) is 5.02. The van der Waals surface area contributed by atoms with Gasteiger partial charge in [-0.1, -0.05) is 50.6 Å². The molecular weight excluding hydrogens is 262 g/mol. The van der Waals surface area contributed by atoms with Gasteiger partial charge in [-0.05, 0) is 24.6 Å². The fourth-order valence-electron chi connectivity index (χ4n) is 1.94. The SMILES string of the molecule is CCCCCCCCNc1ccc(Cl)c(C(=O)O)c1. The number of halogens is 1. The Balaban J connectivity index is 2.30. The van der Waals surface area contributed by atoms with Gasteiger partial charge in [-0.3, -0.25) is 0 Å². The van der Waals surface area contributed by atoms with Crippen molar-refractivity contribution in [3.63, 3.8) is 0 Å². The second-order valence-electron chi connectivity index (χ2n) is 4.69. The maximum Gasteiger partial charge on any atom is 0.337 e. The minimum atomic E-state index is -0.992. The molecule has 0 heterocycles. The Hall–Kier alpha value is -1.22. The summed E-state index contributed by atoms with van der Waals surface area (Å²) in [5.41, 5.74) is 0.963. The molecule has 0 radical (unpaired) electrons. The van der Waals surface area contributed by atoms with Gasteiger partial charge in [-0.15, -0.1) is 0 Å². The molecule has 0 saturated carbocycles. The van der Waals surface area contributed by atoms with Crippen molar-refractivity contribution < 1.29 is 9.90 Å². The van der Waals surface area contributed by atoms with Gasteiger partial charge in [0.15, 0.2) is 0 Å². The predicted molar refractivity (Wildman–Crippen MR) is 80.3 cm³/mol. The Morgan fingerprint density at radius 1 is 1.21 bits per heavy atom. The van der Waals surface area contributed by atoms with Crippen LogP contribution in [-0.4, -0.2) is 17.6 Å². The van der Waals surface area contributed by atoms with Crippen molar-refractivity contribution in [3.8, 4) is 0 Å². The molecule has 1 rings (SSSR count). The van der Waals surface area contributed by atoms with Crippen LogP contribution in [0.2, 0.25) is 5.02 Å². The third-order valence-corrected chi connectivity index (χ3v) is 3.39. The van der Waals surface area contributed by atoms with Gasteiger partial charge in [-0.2, -0.15) is 0 Å². The molecule has 0 aromatic heterocycles. The van der Waals surface area contributed by atoms with Gasteiger partial charge in [0.1, 0.15) is 0 Å². The second-order valence-corrected chi connectivity index (χ2v) is 5.10. The molecule has 0 amide bonds. The predicted octanol–water partition coefficient (Wildman–Crippen LogP) is 4.81. The average molecular weight is 284 g/mol. The second kappa shape index (κ2) is 8.81. The third kappa shape index (κ3) is 5.97. The van der Waals surface area contributed by atoms with Gasteiger partial charge in [-0.25, -0.2) is 4.79 Å². The Kier molecular flexibility index (Phi) is 7.34. The molecule has 1 aromatic rings. The summed E-state index contributed by atoms with van der Waals surface area (Å²) >= 11 is 5.81. The summed E-state index contributed by atoms with van der Waals surface area (Å²) < 4.78 is 0. The summed E-state index contributed by atoms with van der Waals surface area (Å²) in [7, 11) is 0. The van der Waals surface area contributed by atoms with Crippen molar-refractivity contribution in [1.82, 2.24) is 0 Å². The van der Waals surface area contributed by atoms with Crippen LogP contribution >= 0.6 is 11.6 Å². The normalized spacial score (nSPS) is 10.4. The molecule has 0 aliphatic carbocycles. The number of hydrogen-bond acceptors (Lipinski definition) is 2. The average Bonchev–Trinajstić information content (AvgIpc) is 2.39. The summed E-state index contributed by atoms with van der Waals surface area (Å²) in [6.07, 6.45) is 7.48. The quantitative estimate of drug-likeness (QED) is 0.639. The fraction of sp³-hybridized carbons (Fsp3) is 0.533. The van der Waals surface area contributed by atoms with E-state index in [1.54, 1.807) is 12.1 Å². The van der Waals surface area contributed by atoms with Crippen LogP contribution in [0.25, 0.3) is 0 Å². The number of nitrogens with one attached hydrogen (secondary N) is 1. The van der Waals surface area contributed by atoms with Gasteiger partial charge in [0, 0.05) is 12.2 Å². The zero-order chi connectivity index (χ0) is 14.1. The minimum Gasteiger partial charge on any atom is -0.478 e. The van der Waals surface area contributed by atoms with Gasteiger partial charge >= 0.3 is 5.97 Å². The van der Waals surface area contributed by atoms with Crippen LogP contribution < -0.4 is 5.32 Å². The van der Waals surface area contributed by atoms with Gasteiger partial charge in [0.2, 0.25) is 0 Å². The summed E-state index contributed by atoms with van der Waals surface area (Å²) in [5, 5.41) is 12.5. The standard InChI is InChI=1S/C15H22ClNO2/c1-2-3-4-5-6-7-10-17-12-8-9-14(16)13(11-12)15(18)19/h8-9,11,17H,2-7,10H2,1H3,(H,18,19). The molecule has 0 fully saturated rings. The van der Waals surface area contributed by atoms with E-state index in [0.29, 0.717) is 0 Å². The lowest BCUT2D eigenvalue weighted by Gasteiger charge is -2.08. The Labute approximate surface area is 120 Å². The molecule has 0 spiro atoms. The first-order valence-electron chi connectivity index (χ1n) is 6.92. The number of carboxylic acid groups (broad SMARTS) is 1. The first-order valence-corrected chi connectivity index (χ1v) is 7.29. The van der Waals surface area contributed by atoms with E-state index in [9.17, 15) is 4.79 Å². The van der Waals surface area contributed by atoms with Crippen molar-refractivity contribution in [2.24, 2.45) is 0 Å². The lowest BCUT2D eigenvalue weighted by molar-refractivity contribution is 0.0697. The molecule has 0 saturated heterocycles. The van der Waals surface area contributed by atoms with E-state index in [4.69, 9.17) is 16.7 Å².